The van der Waals surface area contributed by atoms with Gasteiger partial charge >= 0.3 is 0 Å². The van der Waals surface area contributed by atoms with Crippen LogP contribution in [0.2, 0.25) is 0 Å². The maximum atomic E-state index is 14.0. The maximum absolute atomic E-state index is 14.0. The number of nitrogens with one attached hydrogen (secondary N) is 1. The molecule has 0 aliphatic carbocycles. The first-order valence-corrected chi connectivity index (χ1v) is 9.04. The van der Waals surface area contributed by atoms with Gasteiger partial charge in [0.05, 0.1) is 5.92 Å². The fourth-order valence-corrected chi connectivity index (χ4v) is 4.24. The number of hydrogen-bond donors (Lipinski definition) is 2. The minimum absolute atomic E-state index is 0. The zero-order valence-electron chi connectivity index (χ0n) is 13.5. The minimum Gasteiger partial charge on any atom is -0.355 e. The van der Waals surface area contributed by atoms with Gasteiger partial charge in [0.15, 0.2) is 0 Å². The van der Waals surface area contributed by atoms with Gasteiger partial charge in [-0.2, -0.15) is 4.31 Å². The van der Waals surface area contributed by atoms with Gasteiger partial charge in [0.1, 0.15) is 10.7 Å². The van der Waals surface area contributed by atoms with Crippen molar-refractivity contribution in [3.05, 3.63) is 29.6 Å². The van der Waals surface area contributed by atoms with E-state index in [2.05, 4.69) is 5.32 Å². The molecule has 0 saturated carbocycles. The van der Waals surface area contributed by atoms with E-state index in [1.54, 1.807) is 13.0 Å². The Bertz CT molecular complexity index is 685. The lowest BCUT2D eigenvalue weighted by molar-refractivity contribution is -0.126. The highest BCUT2D eigenvalue weighted by Gasteiger charge is 2.34. The Morgan fingerprint density at radius 1 is 1.46 bits per heavy atom. The van der Waals surface area contributed by atoms with Crippen molar-refractivity contribution < 1.29 is 17.6 Å². The van der Waals surface area contributed by atoms with Crippen molar-refractivity contribution in [2.75, 3.05) is 26.2 Å². The topological polar surface area (TPSA) is 92.5 Å². The molecule has 24 heavy (non-hydrogen) atoms. The Labute approximate surface area is 148 Å². The summed E-state index contributed by atoms with van der Waals surface area (Å²) in [4.78, 5) is 11.7. The largest absolute Gasteiger partial charge is 0.355 e. The standard InChI is InChI=1S/C15H22FN3O3S.ClH/c1-11-4-5-14(13(16)9-11)23(21,22)19-8-2-3-12(10-19)15(20)18-7-6-17;/h4-5,9,12H,2-3,6-8,10,17H2,1H3,(H,18,20);1H. The van der Waals surface area contributed by atoms with Crippen LogP contribution in [0.4, 0.5) is 4.39 Å². The van der Waals surface area contributed by atoms with Crippen molar-refractivity contribution >= 4 is 28.3 Å². The second-order valence-electron chi connectivity index (χ2n) is 5.72. The molecule has 1 saturated heterocycles. The van der Waals surface area contributed by atoms with Gasteiger partial charge in [-0.05, 0) is 37.5 Å². The Hall–Kier alpha value is -1.22. The minimum atomic E-state index is -3.94. The quantitative estimate of drug-likeness (QED) is 0.799. The van der Waals surface area contributed by atoms with Crippen molar-refractivity contribution in [1.29, 1.82) is 0 Å². The first kappa shape index (κ1) is 20.8. The molecule has 1 aliphatic rings. The number of benzene rings is 1. The second kappa shape index (κ2) is 8.75. The van der Waals surface area contributed by atoms with Gasteiger partial charge in [0.25, 0.3) is 0 Å². The number of carbonyl (C=O) groups excluding carboxylic acids is 1. The van der Waals surface area contributed by atoms with Gasteiger partial charge in [-0.15, -0.1) is 12.4 Å². The van der Waals surface area contributed by atoms with Crippen molar-refractivity contribution in [2.24, 2.45) is 11.7 Å². The van der Waals surface area contributed by atoms with Gasteiger partial charge in [-0.1, -0.05) is 6.07 Å². The number of hydrogen-bond acceptors (Lipinski definition) is 4. The summed E-state index contributed by atoms with van der Waals surface area (Å²) in [5.74, 6) is -1.40. The number of nitrogens with zero attached hydrogens (tertiary/aromatic N) is 1. The summed E-state index contributed by atoms with van der Waals surface area (Å²) in [5.41, 5.74) is 6.00. The molecule has 0 aromatic heterocycles. The van der Waals surface area contributed by atoms with Crippen molar-refractivity contribution in [3.8, 4) is 0 Å². The van der Waals surface area contributed by atoms with Crippen LogP contribution in [0, 0.1) is 18.7 Å². The maximum Gasteiger partial charge on any atom is 0.246 e. The molecular formula is C15H23ClFN3O3S. The van der Waals surface area contributed by atoms with Crippen molar-refractivity contribution in [2.45, 2.75) is 24.7 Å². The van der Waals surface area contributed by atoms with Crippen LogP contribution in [-0.2, 0) is 14.8 Å². The van der Waals surface area contributed by atoms with Crippen LogP contribution in [0.25, 0.3) is 0 Å². The van der Waals surface area contributed by atoms with Crippen LogP contribution in [-0.4, -0.2) is 44.8 Å². The van der Waals surface area contributed by atoms with E-state index in [9.17, 15) is 17.6 Å². The van der Waals surface area contributed by atoms with Crippen LogP contribution in [0.1, 0.15) is 18.4 Å². The normalized spacial score (nSPS) is 18.7. The van der Waals surface area contributed by atoms with Crippen LogP contribution >= 0.6 is 12.4 Å². The summed E-state index contributed by atoms with van der Waals surface area (Å²) in [6.45, 7) is 2.73. The van der Waals surface area contributed by atoms with Crippen LogP contribution in [0.15, 0.2) is 23.1 Å². The third-order valence-corrected chi connectivity index (χ3v) is 5.80. The lowest BCUT2D eigenvalue weighted by Gasteiger charge is -2.31. The molecule has 1 aromatic rings. The number of carbonyl (C=O) groups is 1. The molecule has 1 atom stereocenters. The second-order valence-corrected chi connectivity index (χ2v) is 7.62. The van der Waals surface area contributed by atoms with E-state index in [0.29, 0.717) is 31.5 Å². The lowest BCUT2D eigenvalue weighted by atomic mass is 9.99. The van der Waals surface area contributed by atoms with E-state index >= 15 is 0 Å². The molecule has 1 aromatic carbocycles. The number of halogens is 2. The Kier molecular flexibility index (Phi) is 7.59. The number of nitrogens with two attached hydrogens (primary N) is 1. The Morgan fingerprint density at radius 2 is 2.17 bits per heavy atom. The number of sulfonamides is 1. The highest BCUT2D eigenvalue weighted by atomic mass is 35.5. The molecule has 1 unspecified atom stereocenters. The number of amides is 1. The molecule has 1 amide bonds. The van der Waals surface area contributed by atoms with E-state index in [-0.39, 0.29) is 36.3 Å². The van der Waals surface area contributed by atoms with Gasteiger partial charge in [0, 0.05) is 26.2 Å². The molecule has 1 fully saturated rings. The Morgan fingerprint density at radius 3 is 2.79 bits per heavy atom. The predicted molar refractivity (Wildman–Crippen MR) is 91.9 cm³/mol. The molecule has 6 nitrogen and oxygen atoms in total. The summed E-state index contributed by atoms with van der Waals surface area (Å²) < 4.78 is 40.5. The highest BCUT2D eigenvalue weighted by molar-refractivity contribution is 7.89. The van der Waals surface area contributed by atoms with E-state index in [0.717, 1.165) is 0 Å². The summed E-state index contributed by atoms with van der Waals surface area (Å²) in [5, 5.41) is 2.67. The van der Waals surface area contributed by atoms with Crippen LogP contribution in [0.3, 0.4) is 0 Å². The fourth-order valence-electron chi connectivity index (χ4n) is 2.67. The molecule has 3 N–H and O–H groups in total. The molecule has 136 valence electrons. The summed E-state index contributed by atoms with van der Waals surface area (Å²) in [6, 6.07) is 4.03. The van der Waals surface area contributed by atoms with Gasteiger partial charge < -0.3 is 11.1 Å². The van der Waals surface area contributed by atoms with E-state index < -0.39 is 21.8 Å². The van der Waals surface area contributed by atoms with Crippen molar-refractivity contribution in [1.82, 2.24) is 9.62 Å². The molecule has 0 spiro atoms. The molecule has 2 rings (SSSR count). The zero-order valence-corrected chi connectivity index (χ0v) is 15.1. The third kappa shape index (κ3) is 4.66. The SMILES string of the molecule is Cc1ccc(S(=O)(=O)N2CCCC(C(=O)NCCN)C2)c(F)c1.Cl. The first-order chi connectivity index (χ1) is 10.9. The third-order valence-electron chi connectivity index (χ3n) is 3.90. The van der Waals surface area contributed by atoms with Crippen molar-refractivity contribution in [3.63, 3.8) is 0 Å². The summed E-state index contributed by atoms with van der Waals surface area (Å²) in [6.07, 6.45) is 1.17. The first-order valence-electron chi connectivity index (χ1n) is 7.60. The smallest absolute Gasteiger partial charge is 0.246 e. The van der Waals surface area contributed by atoms with Crippen LogP contribution < -0.4 is 11.1 Å². The van der Waals surface area contributed by atoms with E-state index in [1.165, 1.54) is 16.4 Å². The number of aryl methyl sites for hydroxylation is 1. The average molecular weight is 380 g/mol. The van der Waals surface area contributed by atoms with Crippen LogP contribution in [0.5, 0.6) is 0 Å². The van der Waals surface area contributed by atoms with E-state index in [4.69, 9.17) is 5.73 Å². The van der Waals surface area contributed by atoms with E-state index in [1.807, 2.05) is 0 Å². The molecule has 1 aliphatic heterocycles. The number of piperidine rings is 1. The van der Waals surface area contributed by atoms with Gasteiger partial charge in [-0.3, -0.25) is 4.79 Å². The highest BCUT2D eigenvalue weighted by Crippen LogP contribution is 2.25. The fraction of sp³-hybridized carbons (Fsp3) is 0.533. The summed E-state index contributed by atoms with van der Waals surface area (Å²) >= 11 is 0. The molecule has 9 heteroatoms. The number of rotatable bonds is 5. The zero-order chi connectivity index (χ0) is 17.0. The Balaban J connectivity index is 0.00000288. The summed E-state index contributed by atoms with van der Waals surface area (Å²) in [7, 11) is -3.94. The molecular weight excluding hydrogens is 357 g/mol. The molecule has 1 heterocycles. The predicted octanol–water partition coefficient (Wildman–Crippen LogP) is 1.03. The molecule has 0 bridgehead atoms. The molecule has 0 radical (unpaired) electrons. The lowest BCUT2D eigenvalue weighted by Crippen LogP contribution is -2.46. The van der Waals surface area contributed by atoms with Gasteiger partial charge in [-0.25, -0.2) is 12.8 Å². The monoisotopic (exact) mass is 379 g/mol. The van der Waals surface area contributed by atoms with Gasteiger partial charge in [0.2, 0.25) is 15.9 Å². The average Bonchev–Trinajstić information content (AvgIpc) is 2.52.